The maximum atomic E-state index is 11.6. The molecule has 0 heterocycles. The van der Waals surface area contributed by atoms with E-state index in [-0.39, 0.29) is 25.0 Å². The van der Waals surface area contributed by atoms with Gasteiger partial charge < -0.3 is 15.5 Å². The number of rotatable bonds is 8. The van der Waals surface area contributed by atoms with Crippen LogP contribution in [0.2, 0.25) is 0 Å². The summed E-state index contributed by atoms with van der Waals surface area (Å²) in [5.74, 6) is 0.0225. The van der Waals surface area contributed by atoms with Gasteiger partial charge in [-0.3, -0.25) is 4.79 Å². The van der Waals surface area contributed by atoms with E-state index in [4.69, 9.17) is 10.2 Å². The van der Waals surface area contributed by atoms with Crippen LogP contribution in [0.15, 0.2) is 0 Å². The molecule has 0 saturated heterocycles. The van der Waals surface area contributed by atoms with Crippen LogP contribution in [0, 0.1) is 5.92 Å². The minimum Gasteiger partial charge on any atom is -0.394 e. The van der Waals surface area contributed by atoms with Crippen molar-refractivity contribution in [1.82, 2.24) is 5.32 Å². The molecule has 0 rings (SSSR count). The monoisotopic (exact) mass is 217 g/mol. The number of hydrogen-bond acceptors (Lipinski definition) is 3. The Morgan fingerprint density at radius 3 is 2.53 bits per heavy atom. The molecule has 0 aliphatic rings. The highest BCUT2D eigenvalue weighted by Gasteiger charge is 2.16. The molecule has 3 N–H and O–H groups in total. The highest BCUT2D eigenvalue weighted by molar-refractivity contribution is 5.78. The predicted molar refractivity (Wildman–Crippen MR) is 59.4 cm³/mol. The molecule has 4 heteroatoms. The van der Waals surface area contributed by atoms with Gasteiger partial charge in [0, 0.05) is 12.5 Å². The molecule has 0 aromatic carbocycles. The molecule has 0 aromatic heterocycles. The van der Waals surface area contributed by atoms with Crippen molar-refractivity contribution in [3.8, 4) is 0 Å². The van der Waals surface area contributed by atoms with Gasteiger partial charge in [-0.1, -0.05) is 26.7 Å². The fourth-order valence-corrected chi connectivity index (χ4v) is 1.40. The van der Waals surface area contributed by atoms with E-state index in [2.05, 4.69) is 12.2 Å². The molecule has 0 aromatic rings. The molecule has 90 valence electrons. The minimum absolute atomic E-state index is 0.0153. The maximum absolute atomic E-state index is 11.6. The van der Waals surface area contributed by atoms with E-state index in [1.54, 1.807) is 0 Å². The van der Waals surface area contributed by atoms with Crippen LogP contribution in [0.5, 0.6) is 0 Å². The lowest BCUT2D eigenvalue weighted by Gasteiger charge is -2.15. The number of carbonyl (C=O) groups is 1. The molecule has 0 spiro atoms. The van der Waals surface area contributed by atoms with Crippen molar-refractivity contribution >= 4 is 5.91 Å². The van der Waals surface area contributed by atoms with Crippen LogP contribution in [0.4, 0.5) is 0 Å². The van der Waals surface area contributed by atoms with Crippen molar-refractivity contribution in [2.75, 3.05) is 13.2 Å². The van der Waals surface area contributed by atoms with E-state index in [0.29, 0.717) is 0 Å². The van der Waals surface area contributed by atoms with Gasteiger partial charge >= 0.3 is 0 Å². The van der Waals surface area contributed by atoms with Crippen molar-refractivity contribution in [2.45, 2.75) is 45.6 Å². The molecular formula is C11H23NO3. The van der Waals surface area contributed by atoms with Crippen LogP contribution >= 0.6 is 0 Å². The van der Waals surface area contributed by atoms with Crippen molar-refractivity contribution in [3.63, 3.8) is 0 Å². The number of unbranched alkanes of at least 4 members (excludes halogenated alkanes) is 1. The summed E-state index contributed by atoms with van der Waals surface area (Å²) in [6, 6.07) is 0. The quantitative estimate of drug-likeness (QED) is 0.560. The average molecular weight is 217 g/mol. The van der Waals surface area contributed by atoms with E-state index in [1.807, 2.05) is 6.92 Å². The molecule has 1 amide bonds. The van der Waals surface area contributed by atoms with Crippen molar-refractivity contribution in [1.29, 1.82) is 0 Å². The SMILES string of the molecule is CCCCC(CC)C(=O)NCC(O)CO. The van der Waals surface area contributed by atoms with Crippen molar-refractivity contribution in [3.05, 3.63) is 0 Å². The lowest BCUT2D eigenvalue weighted by molar-refractivity contribution is -0.125. The van der Waals surface area contributed by atoms with Crippen molar-refractivity contribution in [2.24, 2.45) is 5.92 Å². The van der Waals surface area contributed by atoms with Crippen LogP contribution < -0.4 is 5.32 Å². The second-order valence-corrected chi connectivity index (χ2v) is 3.83. The Kier molecular flexibility index (Phi) is 8.33. The number of aliphatic hydroxyl groups is 2. The summed E-state index contributed by atoms with van der Waals surface area (Å²) in [6.45, 7) is 3.91. The van der Waals surface area contributed by atoms with Gasteiger partial charge in [-0.15, -0.1) is 0 Å². The second kappa shape index (κ2) is 8.68. The van der Waals surface area contributed by atoms with Gasteiger partial charge in [0.1, 0.15) is 0 Å². The maximum Gasteiger partial charge on any atom is 0.223 e. The Labute approximate surface area is 91.7 Å². The Balaban J connectivity index is 3.82. The smallest absolute Gasteiger partial charge is 0.223 e. The van der Waals surface area contributed by atoms with Crippen LogP contribution in [0.1, 0.15) is 39.5 Å². The summed E-state index contributed by atoms with van der Waals surface area (Å²) in [4.78, 5) is 11.6. The fraction of sp³-hybridized carbons (Fsp3) is 0.909. The first-order chi connectivity index (χ1) is 7.15. The number of amides is 1. The Bertz CT molecular complexity index is 173. The first-order valence-corrected chi connectivity index (χ1v) is 5.72. The summed E-state index contributed by atoms with van der Waals surface area (Å²) in [6.07, 6.45) is 3.00. The number of hydrogen-bond donors (Lipinski definition) is 3. The van der Waals surface area contributed by atoms with E-state index in [9.17, 15) is 4.79 Å². The predicted octanol–water partition coefficient (Wildman–Crippen LogP) is 0.672. The van der Waals surface area contributed by atoms with E-state index < -0.39 is 6.10 Å². The van der Waals surface area contributed by atoms with Crippen LogP contribution in [0.3, 0.4) is 0 Å². The fourth-order valence-electron chi connectivity index (χ4n) is 1.40. The largest absolute Gasteiger partial charge is 0.394 e. The zero-order valence-corrected chi connectivity index (χ0v) is 9.70. The molecule has 0 saturated carbocycles. The van der Waals surface area contributed by atoms with Gasteiger partial charge in [0.05, 0.1) is 12.7 Å². The first-order valence-electron chi connectivity index (χ1n) is 5.72. The minimum atomic E-state index is -0.849. The molecule has 4 nitrogen and oxygen atoms in total. The standard InChI is InChI=1S/C11H23NO3/c1-3-5-6-9(4-2)11(15)12-7-10(14)8-13/h9-10,13-14H,3-8H2,1-2H3,(H,12,15). The lowest BCUT2D eigenvalue weighted by atomic mass is 9.98. The highest BCUT2D eigenvalue weighted by Crippen LogP contribution is 2.12. The average Bonchev–Trinajstić information content (AvgIpc) is 2.26. The molecule has 2 unspecified atom stereocenters. The van der Waals surface area contributed by atoms with Crippen molar-refractivity contribution < 1.29 is 15.0 Å². The summed E-state index contributed by atoms with van der Waals surface area (Å²) >= 11 is 0. The molecule has 0 aliphatic heterocycles. The third-order valence-corrected chi connectivity index (χ3v) is 2.49. The van der Waals surface area contributed by atoms with Gasteiger partial charge in [-0.2, -0.15) is 0 Å². The van der Waals surface area contributed by atoms with Gasteiger partial charge in [0.25, 0.3) is 0 Å². The third kappa shape index (κ3) is 6.47. The zero-order valence-electron chi connectivity index (χ0n) is 9.70. The molecule has 0 radical (unpaired) electrons. The second-order valence-electron chi connectivity index (χ2n) is 3.83. The third-order valence-electron chi connectivity index (χ3n) is 2.49. The number of nitrogens with one attached hydrogen (secondary N) is 1. The van der Waals surface area contributed by atoms with Crippen LogP contribution in [0.25, 0.3) is 0 Å². The van der Waals surface area contributed by atoms with Gasteiger partial charge in [0.15, 0.2) is 0 Å². The van der Waals surface area contributed by atoms with E-state index in [1.165, 1.54) is 0 Å². The zero-order chi connectivity index (χ0) is 11.7. The van der Waals surface area contributed by atoms with E-state index in [0.717, 1.165) is 25.7 Å². The molecule has 0 fully saturated rings. The Morgan fingerprint density at radius 1 is 1.40 bits per heavy atom. The molecule has 0 aliphatic carbocycles. The number of carbonyl (C=O) groups excluding carboxylic acids is 1. The Hall–Kier alpha value is -0.610. The molecular weight excluding hydrogens is 194 g/mol. The lowest BCUT2D eigenvalue weighted by Crippen LogP contribution is -2.37. The molecule has 0 bridgehead atoms. The normalized spacial score (nSPS) is 14.7. The van der Waals surface area contributed by atoms with E-state index >= 15 is 0 Å². The Morgan fingerprint density at radius 2 is 2.07 bits per heavy atom. The first kappa shape index (κ1) is 14.4. The summed E-state index contributed by atoms with van der Waals surface area (Å²) in [5.41, 5.74) is 0. The van der Waals surface area contributed by atoms with Crippen LogP contribution in [-0.2, 0) is 4.79 Å². The van der Waals surface area contributed by atoms with Gasteiger partial charge in [0.2, 0.25) is 5.91 Å². The summed E-state index contributed by atoms with van der Waals surface area (Å²) in [7, 11) is 0. The molecule has 15 heavy (non-hydrogen) atoms. The molecule has 2 atom stereocenters. The summed E-state index contributed by atoms with van der Waals surface area (Å²) in [5, 5.41) is 20.3. The topological polar surface area (TPSA) is 69.6 Å². The van der Waals surface area contributed by atoms with Crippen LogP contribution in [-0.4, -0.2) is 35.4 Å². The highest BCUT2D eigenvalue weighted by atomic mass is 16.3. The van der Waals surface area contributed by atoms with Gasteiger partial charge in [-0.25, -0.2) is 0 Å². The summed E-state index contributed by atoms with van der Waals surface area (Å²) < 4.78 is 0. The van der Waals surface area contributed by atoms with Gasteiger partial charge in [-0.05, 0) is 12.8 Å². The number of aliphatic hydroxyl groups excluding tert-OH is 2.